The molecular weight excluding hydrogens is 344 g/mol. The lowest BCUT2D eigenvalue weighted by atomic mass is 9.83. The van der Waals surface area contributed by atoms with Crippen LogP contribution < -0.4 is 5.32 Å². The van der Waals surface area contributed by atoms with Crippen molar-refractivity contribution in [2.75, 3.05) is 25.9 Å². The Kier molecular flexibility index (Phi) is 5.11. The van der Waals surface area contributed by atoms with Crippen LogP contribution in [0.2, 0.25) is 0 Å². The first-order valence-electron chi connectivity index (χ1n) is 8.20. The predicted molar refractivity (Wildman–Crippen MR) is 97.9 cm³/mol. The van der Waals surface area contributed by atoms with Gasteiger partial charge in [0.25, 0.3) is 0 Å². The van der Waals surface area contributed by atoms with Crippen molar-refractivity contribution in [3.05, 3.63) is 23.4 Å². The molecule has 0 aromatic carbocycles. The number of thioether (sulfide) groups is 2. The maximum Gasteiger partial charge on any atom is 0.249 e. The van der Waals surface area contributed by atoms with E-state index in [4.69, 9.17) is 0 Å². The summed E-state index contributed by atoms with van der Waals surface area (Å²) in [5.41, 5.74) is 1.34. The van der Waals surface area contributed by atoms with Gasteiger partial charge in [-0.2, -0.15) is 0 Å². The highest BCUT2D eigenvalue weighted by Gasteiger charge is 2.56. The zero-order chi connectivity index (χ0) is 17.3. The van der Waals surface area contributed by atoms with Crippen molar-refractivity contribution in [3.8, 4) is 0 Å². The second-order valence-corrected chi connectivity index (χ2v) is 8.80. The second-order valence-electron chi connectivity index (χ2n) is 6.24. The molecule has 7 heteroatoms. The van der Waals surface area contributed by atoms with Gasteiger partial charge in [-0.3, -0.25) is 14.4 Å². The van der Waals surface area contributed by atoms with E-state index in [1.54, 1.807) is 6.08 Å². The van der Waals surface area contributed by atoms with Gasteiger partial charge < -0.3 is 10.2 Å². The van der Waals surface area contributed by atoms with E-state index in [0.29, 0.717) is 18.5 Å². The van der Waals surface area contributed by atoms with Gasteiger partial charge in [0.1, 0.15) is 0 Å². The highest BCUT2D eigenvalue weighted by molar-refractivity contribution is 8.18. The molecule has 0 spiro atoms. The minimum Gasteiger partial charge on any atom is -0.377 e. The lowest BCUT2D eigenvalue weighted by Gasteiger charge is -2.28. The van der Waals surface area contributed by atoms with Crippen molar-refractivity contribution in [1.82, 2.24) is 10.2 Å². The maximum absolute atomic E-state index is 13.1. The fraction of sp³-hybridized carbons (Fsp3) is 0.588. The van der Waals surface area contributed by atoms with Crippen LogP contribution in [0.15, 0.2) is 23.4 Å². The van der Waals surface area contributed by atoms with E-state index < -0.39 is 4.75 Å². The second kappa shape index (κ2) is 6.96. The summed E-state index contributed by atoms with van der Waals surface area (Å²) in [6.07, 6.45) is 8.10. The summed E-state index contributed by atoms with van der Waals surface area (Å²) in [7, 11) is 0. The minimum atomic E-state index is -1.23. The van der Waals surface area contributed by atoms with E-state index in [0.717, 1.165) is 31.5 Å². The largest absolute Gasteiger partial charge is 0.377 e. The van der Waals surface area contributed by atoms with Crippen LogP contribution in [0.5, 0.6) is 0 Å². The minimum absolute atomic E-state index is 0.137. The third kappa shape index (κ3) is 2.81. The van der Waals surface area contributed by atoms with Crippen LogP contribution in [0.3, 0.4) is 0 Å². The van der Waals surface area contributed by atoms with Gasteiger partial charge in [-0.25, -0.2) is 0 Å². The third-order valence-corrected chi connectivity index (χ3v) is 7.88. The third-order valence-electron chi connectivity index (χ3n) is 4.81. The molecule has 1 saturated heterocycles. The molecule has 2 atom stereocenters. The van der Waals surface area contributed by atoms with Crippen LogP contribution in [0.25, 0.3) is 0 Å². The molecule has 3 aliphatic rings. The van der Waals surface area contributed by atoms with E-state index >= 15 is 0 Å². The molecule has 3 rings (SSSR count). The van der Waals surface area contributed by atoms with Crippen molar-refractivity contribution in [3.63, 3.8) is 0 Å². The molecule has 0 saturated carbocycles. The molecule has 0 aliphatic carbocycles. The van der Waals surface area contributed by atoms with Gasteiger partial charge in [-0.1, -0.05) is 0 Å². The summed E-state index contributed by atoms with van der Waals surface area (Å²) < 4.78 is -1.40. The number of likely N-dealkylation sites (tertiary alicyclic amines) is 1. The average Bonchev–Trinajstić information content (AvgIpc) is 3.19. The van der Waals surface area contributed by atoms with Crippen molar-refractivity contribution >= 4 is 41.0 Å². The summed E-state index contributed by atoms with van der Waals surface area (Å²) in [5.74, 6) is -0.518. The summed E-state index contributed by atoms with van der Waals surface area (Å²) in [5, 5.41) is 2.84. The monoisotopic (exact) mass is 366 g/mol. The zero-order valence-corrected chi connectivity index (χ0v) is 15.6. The number of hydrogen-bond donors (Lipinski definition) is 1. The van der Waals surface area contributed by atoms with Gasteiger partial charge in [-0.15, -0.1) is 23.5 Å². The molecule has 1 fully saturated rings. The summed E-state index contributed by atoms with van der Waals surface area (Å²) in [6.45, 7) is 3.85. The Bertz CT molecular complexity index is 638. The molecule has 1 amide bonds. The Labute approximate surface area is 150 Å². The zero-order valence-electron chi connectivity index (χ0n) is 14.0. The highest BCUT2D eigenvalue weighted by Crippen LogP contribution is 2.54. The molecule has 0 aromatic heterocycles. The highest BCUT2D eigenvalue weighted by atomic mass is 32.2. The molecule has 3 heterocycles. The van der Waals surface area contributed by atoms with Gasteiger partial charge in [-0.05, 0) is 44.1 Å². The first-order valence-corrected chi connectivity index (χ1v) is 10.4. The molecular formula is C17H22N2O3S2. The van der Waals surface area contributed by atoms with Crippen LogP contribution >= 0.6 is 23.5 Å². The van der Waals surface area contributed by atoms with E-state index in [9.17, 15) is 14.4 Å². The predicted octanol–water partition coefficient (Wildman–Crippen LogP) is 1.75. The van der Waals surface area contributed by atoms with Gasteiger partial charge in [0.2, 0.25) is 5.91 Å². The standard InChI is InChI=1S/C17H22N2O3S2/c1-11(20)17(13(21)6-10-19-8-3-4-9-19)12-5-7-18-15(22)14(12)16(23-2)24-17/h6,10,16H,3-5,7-9H2,1-2H3,(H,18,22). The number of Topliss-reactive ketones (excluding diaryl/α,β-unsaturated/α-hetero) is 1. The molecule has 24 heavy (non-hydrogen) atoms. The number of carbonyl (C=O) groups excluding carboxylic acids is 3. The lowest BCUT2D eigenvalue weighted by Crippen LogP contribution is -2.44. The smallest absolute Gasteiger partial charge is 0.249 e. The van der Waals surface area contributed by atoms with E-state index in [-0.39, 0.29) is 22.1 Å². The van der Waals surface area contributed by atoms with Crippen LogP contribution in [0.4, 0.5) is 0 Å². The van der Waals surface area contributed by atoms with Crippen molar-refractivity contribution in [1.29, 1.82) is 0 Å². The van der Waals surface area contributed by atoms with Gasteiger partial charge in [0.15, 0.2) is 16.3 Å². The Morgan fingerprint density at radius 3 is 2.71 bits per heavy atom. The first kappa shape index (κ1) is 17.6. The number of carbonyl (C=O) groups is 3. The van der Waals surface area contributed by atoms with Crippen LogP contribution in [0.1, 0.15) is 26.2 Å². The van der Waals surface area contributed by atoms with Crippen molar-refractivity contribution < 1.29 is 14.4 Å². The number of amides is 1. The number of allylic oxidation sites excluding steroid dienone is 1. The van der Waals surface area contributed by atoms with Gasteiger partial charge >= 0.3 is 0 Å². The summed E-state index contributed by atoms with van der Waals surface area (Å²) in [6, 6.07) is 0. The Morgan fingerprint density at radius 1 is 1.38 bits per heavy atom. The Hall–Kier alpha value is -1.21. The van der Waals surface area contributed by atoms with E-state index in [1.807, 2.05) is 12.5 Å². The molecule has 1 N–H and O–H groups in total. The number of nitrogens with zero attached hydrogens (tertiary/aromatic N) is 1. The maximum atomic E-state index is 13.1. The van der Waals surface area contributed by atoms with Crippen LogP contribution in [-0.2, 0) is 14.4 Å². The normalized spacial score (nSPS) is 30.0. The topological polar surface area (TPSA) is 66.5 Å². The van der Waals surface area contributed by atoms with Crippen molar-refractivity contribution in [2.45, 2.75) is 35.5 Å². The van der Waals surface area contributed by atoms with Crippen LogP contribution in [-0.4, -0.2) is 57.6 Å². The summed E-state index contributed by atoms with van der Waals surface area (Å²) >= 11 is 2.83. The van der Waals surface area contributed by atoms with E-state index in [2.05, 4.69) is 10.2 Å². The van der Waals surface area contributed by atoms with Crippen LogP contribution in [0, 0.1) is 0 Å². The molecule has 0 aromatic rings. The molecule has 2 unspecified atom stereocenters. The fourth-order valence-corrected chi connectivity index (χ4v) is 6.29. The molecule has 130 valence electrons. The number of rotatable bonds is 5. The van der Waals surface area contributed by atoms with E-state index in [1.165, 1.54) is 30.4 Å². The quantitative estimate of drug-likeness (QED) is 0.591. The number of nitrogens with one attached hydrogen (secondary N) is 1. The number of hydrogen-bond acceptors (Lipinski definition) is 6. The molecule has 5 nitrogen and oxygen atoms in total. The van der Waals surface area contributed by atoms with Gasteiger partial charge in [0, 0.05) is 31.4 Å². The first-order chi connectivity index (χ1) is 11.5. The number of ketones is 2. The Balaban J connectivity index is 1.97. The SMILES string of the molecule is CSC1SC(C(C)=O)(C(=O)C=CN2CCCC2)C2=C1C(=O)NCC2. The average molecular weight is 367 g/mol. The van der Waals surface area contributed by atoms with Crippen molar-refractivity contribution in [2.24, 2.45) is 0 Å². The summed E-state index contributed by atoms with van der Waals surface area (Å²) in [4.78, 5) is 40.0. The molecule has 0 bridgehead atoms. The Morgan fingerprint density at radius 2 is 2.08 bits per heavy atom. The molecule has 3 aliphatic heterocycles. The molecule has 0 radical (unpaired) electrons. The lowest BCUT2D eigenvalue weighted by molar-refractivity contribution is -0.125. The van der Waals surface area contributed by atoms with Gasteiger partial charge in [0.05, 0.1) is 4.58 Å². The fourth-order valence-electron chi connectivity index (χ4n) is 3.60.